The standard InChI is InChI=1S/C19H22N2O4S/c1-2-25-16-10-8-15(9-11-16)20-19(22)21-13-12-18(14-21)26(23,24)17-6-4-3-5-7-17/h3-11,18H,2,12-14H2,1H3,(H,20,22). The van der Waals surface area contributed by atoms with E-state index in [2.05, 4.69) is 5.32 Å². The van der Waals surface area contributed by atoms with Gasteiger partial charge in [-0.2, -0.15) is 0 Å². The number of anilines is 1. The van der Waals surface area contributed by atoms with Crippen LogP contribution in [0.2, 0.25) is 0 Å². The van der Waals surface area contributed by atoms with E-state index < -0.39 is 15.1 Å². The zero-order valence-electron chi connectivity index (χ0n) is 14.6. The first-order valence-corrected chi connectivity index (χ1v) is 10.1. The maximum absolute atomic E-state index is 12.7. The second-order valence-electron chi connectivity index (χ2n) is 6.10. The molecule has 2 amide bonds. The van der Waals surface area contributed by atoms with Crippen LogP contribution in [0.15, 0.2) is 59.5 Å². The smallest absolute Gasteiger partial charge is 0.321 e. The minimum absolute atomic E-state index is 0.195. The molecule has 1 heterocycles. The zero-order chi connectivity index (χ0) is 18.6. The summed E-state index contributed by atoms with van der Waals surface area (Å²) in [5.41, 5.74) is 0.646. The molecule has 2 aromatic rings. The highest BCUT2D eigenvalue weighted by Crippen LogP contribution is 2.24. The van der Waals surface area contributed by atoms with Crippen LogP contribution in [-0.4, -0.2) is 44.3 Å². The molecule has 0 aromatic heterocycles. The van der Waals surface area contributed by atoms with E-state index in [9.17, 15) is 13.2 Å². The van der Waals surface area contributed by atoms with E-state index in [0.717, 1.165) is 5.75 Å². The van der Waals surface area contributed by atoms with Crippen molar-refractivity contribution in [3.05, 3.63) is 54.6 Å². The van der Waals surface area contributed by atoms with Crippen LogP contribution in [-0.2, 0) is 9.84 Å². The Labute approximate surface area is 153 Å². The molecule has 3 rings (SSSR count). The monoisotopic (exact) mass is 374 g/mol. The number of likely N-dealkylation sites (tertiary alicyclic amines) is 1. The van der Waals surface area contributed by atoms with Crippen molar-refractivity contribution in [2.24, 2.45) is 0 Å². The van der Waals surface area contributed by atoms with Crippen molar-refractivity contribution >= 4 is 21.6 Å². The predicted molar refractivity (Wildman–Crippen MR) is 100 cm³/mol. The van der Waals surface area contributed by atoms with E-state index in [-0.39, 0.29) is 12.6 Å². The maximum Gasteiger partial charge on any atom is 0.321 e. The first-order valence-electron chi connectivity index (χ1n) is 8.58. The third-order valence-corrected chi connectivity index (χ3v) is 6.55. The number of carbonyl (C=O) groups excluding carboxylic acids is 1. The zero-order valence-corrected chi connectivity index (χ0v) is 15.4. The van der Waals surface area contributed by atoms with Gasteiger partial charge in [0.1, 0.15) is 5.75 Å². The minimum Gasteiger partial charge on any atom is -0.494 e. The molecule has 138 valence electrons. The van der Waals surface area contributed by atoms with Crippen LogP contribution >= 0.6 is 0 Å². The van der Waals surface area contributed by atoms with Gasteiger partial charge in [-0.05, 0) is 49.7 Å². The molecule has 26 heavy (non-hydrogen) atoms. The molecule has 1 saturated heterocycles. The molecular weight excluding hydrogens is 352 g/mol. The highest BCUT2D eigenvalue weighted by Gasteiger charge is 2.36. The normalized spacial score (nSPS) is 17.1. The Morgan fingerprint density at radius 1 is 1.15 bits per heavy atom. The van der Waals surface area contributed by atoms with E-state index in [4.69, 9.17) is 4.74 Å². The van der Waals surface area contributed by atoms with E-state index in [1.165, 1.54) is 0 Å². The predicted octanol–water partition coefficient (Wildman–Crippen LogP) is 3.17. The topological polar surface area (TPSA) is 75.7 Å². The molecule has 1 atom stereocenters. The molecule has 1 aliphatic heterocycles. The number of rotatable bonds is 5. The number of nitrogens with one attached hydrogen (secondary N) is 1. The molecular formula is C19H22N2O4S. The molecule has 1 N–H and O–H groups in total. The van der Waals surface area contributed by atoms with Crippen LogP contribution in [0.25, 0.3) is 0 Å². The number of sulfone groups is 1. The van der Waals surface area contributed by atoms with Gasteiger partial charge >= 0.3 is 6.03 Å². The van der Waals surface area contributed by atoms with Crippen molar-refractivity contribution < 1.29 is 17.9 Å². The summed E-state index contributed by atoms with van der Waals surface area (Å²) in [4.78, 5) is 14.3. The Morgan fingerprint density at radius 3 is 2.50 bits per heavy atom. The van der Waals surface area contributed by atoms with E-state index in [1.807, 2.05) is 6.92 Å². The van der Waals surface area contributed by atoms with Gasteiger partial charge in [0.05, 0.1) is 16.8 Å². The average molecular weight is 374 g/mol. The van der Waals surface area contributed by atoms with Crippen LogP contribution in [0, 0.1) is 0 Å². The summed E-state index contributed by atoms with van der Waals surface area (Å²) < 4.78 is 30.7. The van der Waals surface area contributed by atoms with E-state index in [0.29, 0.717) is 30.2 Å². The van der Waals surface area contributed by atoms with Gasteiger partial charge in [0.25, 0.3) is 0 Å². The number of hydrogen-bond acceptors (Lipinski definition) is 4. The number of hydrogen-bond donors (Lipinski definition) is 1. The Bertz CT molecular complexity index is 851. The second kappa shape index (κ2) is 7.78. The summed E-state index contributed by atoms with van der Waals surface area (Å²) in [7, 11) is -3.43. The number of benzene rings is 2. The van der Waals surface area contributed by atoms with Crippen LogP contribution in [0.3, 0.4) is 0 Å². The van der Waals surface area contributed by atoms with Crippen molar-refractivity contribution in [3.63, 3.8) is 0 Å². The summed E-state index contributed by atoms with van der Waals surface area (Å²) >= 11 is 0. The first-order chi connectivity index (χ1) is 12.5. The molecule has 0 saturated carbocycles. The van der Waals surface area contributed by atoms with Crippen molar-refractivity contribution in [3.8, 4) is 5.75 Å². The van der Waals surface area contributed by atoms with Gasteiger partial charge in [-0.1, -0.05) is 18.2 Å². The third kappa shape index (κ3) is 3.99. The van der Waals surface area contributed by atoms with Crippen LogP contribution in [0.1, 0.15) is 13.3 Å². The summed E-state index contributed by atoms with van der Waals surface area (Å²) in [5, 5.41) is 2.23. The van der Waals surface area contributed by atoms with Crippen LogP contribution in [0.5, 0.6) is 5.75 Å². The van der Waals surface area contributed by atoms with Gasteiger partial charge in [-0.15, -0.1) is 0 Å². The van der Waals surface area contributed by atoms with Crippen molar-refractivity contribution in [1.82, 2.24) is 4.90 Å². The molecule has 0 radical (unpaired) electrons. The van der Waals surface area contributed by atoms with Crippen molar-refractivity contribution in [2.45, 2.75) is 23.5 Å². The van der Waals surface area contributed by atoms with Crippen LogP contribution < -0.4 is 10.1 Å². The van der Waals surface area contributed by atoms with Crippen molar-refractivity contribution in [1.29, 1.82) is 0 Å². The Morgan fingerprint density at radius 2 is 1.85 bits per heavy atom. The Hall–Kier alpha value is -2.54. The second-order valence-corrected chi connectivity index (χ2v) is 8.33. The fourth-order valence-corrected chi connectivity index (χ4v) is 4.69. The molecule has 7 heteroatoms. The lowest BCUT2D eigenvalue weighted by Crippen LogP contribution is -2.35. The number of carbonyl (C=O) groups is 1. The molecule has 0 aliphatic carbocycles. The summed E-state index contributed by atoms with van der Waals surface area (Å²) in [5.74, 6) is 0.737. The van der Waals surface area contributed by atoms with Crippen LogP contribution in [0.4, 0.5) is 10.5 Å². The van der Waals surface area contributed by atoms with Gasteiger partial charge in [-0.25, -0.2) is 13.2 Å². The highest BCUT2D eigenvalue weighted by molar-refractivity contribution is 7.92. The fraction of sp³-hybridized carbons (Fsp3) is 0.316. The molecule has 6 nitrogen and oxygen atoms in total. The van der Waals surface area contributed by atoms with E-state index >= 15 is 0 Å². The largest absolute Gasteiger partial charge is 0.494 e. The van der Waals surface area contributed by atoms with Gasteiger partial charge < -0.3 is 15.0 Å². The Kier molecular flexibility index (Phi) is 5.46. The average Bonchev–Trinajstić information content (AvgIpc) is 3.15. The number of urea groups is 1. The summed E-state index contributed by atoms with van der Waals surface area (Å²) in [6, 6.07) is 15.2. The number of ether oxygens (including phenoxy) is 1. The molecule has 1 fully saturated rings. The minimum atomic E-state index is -3.43. The highest BCUT2D eigenvalue weighted by atomic mass is 32.2. The lowest BCUT2D eigenvalue weighted by atomic mass is 10.3. The van der Waals surface area contributed by atoms with Gasteiger partial charge in [0.2, 0.25) is 0 Å². The lowest BCUT2D eigenvalue weighted by Gasteiger charge is -2.18. The van der Waals surface area contributed by atoms with Gasteiger partial charge in [-0.3, -0.25) is 0 Å². The first kappa shape index (κ1) is 18.3. The maximum atomic E-state index is 12.7. The number of amides is 2. The van der Waals surface area contributed by atoms with Crippen molar-refractivity contribution in [2.75, 3.05) is 25.0 Å². The molecule has 0 bridgehead atoms. The molecule has 1 unspecified atom stereocenters. The lowest BCUT2D eigenvalue weighted by molar-refractivity contribution is 0.222. The molecule has 2 aromatic carbocycles. The number of nitrogens with zero attached hydrogens (tertiary/aromatic N) is 1. The molecule has 0 spiro atoms. The molecule has 1 aliphatic rings. The van der Waals surface area contributed by atoms with Gasteiger partial charge in [0.15, 0.2) is 9.84 Å². The summed E-state index contributed by atoms with van der Waals surface area (Å²) in [6.07, 6.45) is 0.438. The van der Waals surface area contributed by atoms with Gasteiger partial charge in [0, 0.05) is 18.8 Å². The fourth-order valence-electron chi connectivity index (χ4n) is 2.97. The quantitative estimate of drug-likeness (QED) is 0.872. The third-order valence-electron chi connectivity index (χ3n) is 4.36. The SMILES string of the molecule is CCOc1ccc(NC(=O)N2CCC(S(=O)(=O)c3ccccc3)C2)cc1. The summed E-state index contributed by atoms with van der Waals surface area (Å²) in [6.45, 7) is 3.10. The Balaban J connectivity index is 1.62. The van der Waals surface area contributed by atoms with E-state index in [1.54, 1.807) is 59.5 Å².